The van der Waals surface area contributed by atoms with Gasteiger partial charge in [0.25, 0.3) is 0 Å². The van der Waals surface area contributed by atoms with E-state index in [1.165, 1.54) is 7.11 Å². The molecule has 56 heavy (non-hydrogen) atoms. The zero-order valence-electron chi connectivity index (χ0n) is 31.4. The van der Waals surface area contributed by atoms with Crippen LogP contribution in [0.2, 0.25) is 5.02 Å². The number of likely N-dealkylation sites (tertiary alicyclic amines) is 1. The van der Waals surface area contributed by atoms with Gasteiger partial charge in [-0.2, -0.15) is 10.2 Å². The Kier molecular flexibility index (Phi) is 10.1. The third-order valence-corrected chi connectivity index (χ3v) is 11.9. The first kappa shape index (κ1) is 37.3. The van der Waals surface area contributed by atoms with Gasteiger partial charge in [-0.1, -0.05) is 48.4 Å². The molecule has 12 nitrogen and oxygen atoms in total. The van der Waals surface area contributed by atoms with E-state index < -0.39 is 23.9 Å². The number of aryl methyl sites for hydroxylation is 2. The summed E-state index contributed by atoms with van der Waals surface area (Å²) < 4.78 is 18.6. The van der Waals surface area contributed by atoms with E-state index in [0.29, 0.717) is 84.5 Å². The van der Waals surface area contributed by atoms with Crippen LogP contribution in [0.1, 0.15) is 83.1 Å². The Hall–Kier alpha value is -5.64. The molecule has 0 saturated carbocycles. The van der Waals surface area contributed by atoms with Gasteiger partial charge < -0.3 is 29.0 Å². The van der Waals surface area contributed by atoms with Gasteiger partial charge >= 0.3 is 11.9 Å². The third kappa shape index (κ3) is 6.79. The van der Waals surface area contributed by atoms with Crippen molar-refractivity contribution in [2.75, 3.05) is 31.6 Å². The zero-order chi connectivity index (χ0) is 39.2. The molecule has 0 bridgehead atoms. The van der Waals surface area contributed by atoms with Gasteiger partial charge in [-0.05, 0) is 92.6 Å². The van der Waals surface area contributed by atoms with E-state index in [-0.39, 0.29) is 17.9 Å². The van der Waals surface area contributed by atoms with Crippen molar-refractivity contribution in [3.63, 3.8) is 0 Å². The maximum atomic E-state index is 11.9. The van der Waals surface area contributed by atoms with E-state index >= 15 is 0 Å². The molecule has 2 aliphatic heterocycles. The minimum atomic E-state index is -0.833. The fourth-order valence-electron chi connectivity index (χ4n) is 8.73. The molecule has 3 aliphatic rings. The average Bonchev–Trinajstić information content (AvgIpc) is 3.95. The van der Waals surface area contributed by atoms with Gasteiger partial charge in [0.15, 0.2) is 5.58 Å². The highest BCUT2D eigenvalue weighted by Crippen LogP contribution is 2.48. The Balaban J connectivity index is 1.08. The Morgan fingerprint density at radius 1 is 0.982 bits per heavy atom. The van der Waals surface area contributed by atoms with Crippen molar-refractivity contribution >= 4 is 40.3 Å². The molecular weight excluding hydrogens is 734 g/mol. The predicted octanol–water partition coefficient (Wildman–Crippen LogP) is 8.05. The molecule has 13 heteroatoms. The molecule has 2 aromatic heterocycles. The molecule has 4 heterocycles. The lowest BCUT2D eigenvalue weighted by Gasteiger charge is -2.33. The Labute approximate surface area is 329 Å². The van der Waals surface area contributed by atoms with Crippen LogP contribution in [0, 0.1) is 31.1 Å². The number of nitriles is 1. The number of piperidine rings is 1. The van der Waals surface area contributed by atoms with Gasteiger partial charge in [-0.15, -0.1) is 0 Å². The molecular formula is C43H42ClN5O7. The van der Waals surface area contributed by atoms with Crippen LogP contribution >= 0.6 is 11.6 Å². The number of halogens is 1. The van der Waals surface area contributed by atoms with Crippen molar-refractivity contribution in [2.24, 2.45) is 5.92 Å². The number of fused-ring (bicyclic) bond motifs is 2. The van der Waals surface area contributed by atoms with E-state index in [9.17, 15) is 25.1 Å². The van der Waals surface area contributed by atoms with Gasteiger partial charge in [0.1, 0.15) is 28.8 Å². The van der Waals surface area contributed by atoms with Crippen molar-refractivity contribution in [1.29, 1.82) is 5.26 Å². The summed E-state index contributed by atoms with van der Waals surface area (Å²) in [6, 6.07) is 19.5. The summed E-state index contributed by atoms with van der Waals surface area (Å²) >= 11 is 6.84. The third-order valence-electron chi connectivity index (χ3n) is 11.7. The fourth-order valence-corrected chi connectivity index (χ4v) is 8.95. The molecule has 2 saturated heterocycles. The minimum absolute atomic E-state index is 0.0344. The fraction of sp³-hybridized carbons (Fsp3) is 0.372. The summed E-state index contributed by atoms with van der Waals surface area (Å²) in [6.07, 6.45) is 3.18. The number of aliphatic carboxylic acids is 2. The number of nitrogens with zero attached hydrogens (tertiary/aromatic N) is 5. The van der Waals surface area contributed by atoms with Crippen molar-refractivity contribution in [3.05, 3.63) is 98.6 Å². The summed E-state index contributed by atoms with van der Waals surface area (Å²) in [6.45, 7) is 5.99. The van der Waals surface area contributed by atoms with E-state index in [0.717, 1.165) is 51.9 Å². The number of carboxylic acids is 2. The Morgan fingerprint density at radius 2 is 1.79 bits per heavy atom. The van der Waals surface area contributed by atoms with E-state index in [1.54, 1.807) is 12.1 Å². The van der Waals surface area contributed by atoms with Gasteiger partial charge in [-0.25, -0.2) is 4.98 Å². The highest BCUT2D eigenvalue weighted by atomic mass is 35.5. The van der Waals surface area contributed by atoms with Gasteiger partial charge in [0.2, 0.25) is 17.7 Å². The monoisotopic (exact) mass is 775 g/mol. The zero-order valence-corrected chi connectivity index (χ0v) is 32.2. The van der Waals surface area contributed by atoms with Crippen LogP contribution in [-0.2, 0) is 16.1 Å². The number of benzene rings is 3. The lowest BCUT2D eigenvalue weighted by Crippen LogP contribution is -2.44. The molecule has 3 aromatic carbocycles. The number of carbonyl (C=O) groups is 2. The molecule has 5 aromatic rings. The number of aromatic nitrogens is 2. The Morgan fingerprint density at radius 3 is 2.52 bits per heavy atom. The largest absolute Gasteiger partial charge is 0.481 e. The van der Waals surface area contributed by atoms with Crippen LogP contribution in [0.25, 0.3) is 22.6 Å². The normalized spacial score (nSPS) is 20.9. The minimum Gasteiger partial charge on any atom is -0.481 e. The number of carboxylic acid groups (broad SMARTS) is 2. The second-order valence-electron chi connectivity index (χ2n) is 15.0. The molecule has 4 atom stereocenters. The standard InChI is InChI=1S/C43H42ClN5O7/c1-23-11-12-25(40-46-37-24(2)35(18-27(20-45)38(37)56-40)49-15-13-26(21-49)42(50)51)16-31(23)32-19-36(30-9-5-4-8-29(30)32)55-41-33(44)17-28(39(47-41)54-3)22-48-14-7-6-10-34(48)43(52)53/h4-5,8-9,11-12,16-18,26,32,34,36H,6-7,10,13-15,19,21-22H2,1-3H3,(H,50,51)(H,52,53). The topological polar surface area (TPSA) is 162 Å². The highest BCUT2D eigenvalue weighted by Gasteiger charge is 2.36. The van der Waals surface area contributed by atoms with E-state index in [1.807, 2.05) is 34.9 Å². The first-order chi connectivity index (χ1) is 27.0. The van der Waals surface area contributed by atoms with Gasteiger partial charge in [0.05, 0.1) is 18.6 Å². The number of hydrogen-bond donors (Lipinski definition) is 2. The number of ether oxygens (including phenoxy) is 2. The van der Waals surface area contributed by atoms with Gasteiger partial charge in [-0.3, -0.25) is 14.5 Å². The highest BCUT2D eigenvalue weighted by molar-refractivity contribution is 6.31. The first-order valence-corrected chi connectivity index (χ1v) is 19.3. The lowest BCUT2D eigenvalue weighted by atomic mass is 9.88. The maximum Gasteiger partial charge on any atom is 0.320 e. The number of oxazole rings is 1. The second-order valence-corrected chi connectivity index (χ2v) is 15.4. The van der Waals surface area contributed by atoms with Crippen LogP contribution < -0.4 is 14.4 Å². The van der Waals surface area contributed by atoms with Crippen LogP contribution in [0.5, 0.6) is 11.8 Å². The summed E-state index contributed by atoms with van der Waals surface area (Å²) in [4.78, 5) is 37.2. The molecule has 0 spiro atoms. The number of pyridine rings is 1. The quantitative estimate of drug-likeness (QED) is 0.141. The average molecular weight is 776 g/mol. The van der Waals surface area contributed by atoms with Crippen LogP contribution in [0.3, 0.4) is 0 Å². The summed E-state index contributed by atoms with van der Waals surface area (Å²) in [5.74, 6) is -1.16. The molecule has 2 fully saturated rings. The maximum absolute atomic E-state index is 11.9. The van der Waals surface area contributed by atoms with E-state index in [4.69, 9.17) is 35.5 Å². The van der Waals surface area contributed by atoms with Crippen molar-refractivity contribution in [2.45, 2.75) is 70.6 Å². The Bertz CT molecular complexity index is 2410. The van der Waals surface area contributed by atoms with Crippen LogP contribution in [0.15, 0.2) is 59.0 Å². The van der Waals surface area contributed by atoms with Gasteiger partial charge in [0, 0.05) is 47.9 Å². The molecule has 4 unspecified atom stereocenters. The molecule has 1 aliphatic carbocycles. The number of methoxy groups -OCH3 is 1. The number of hydrogen-bond acceptors (Lipinski definition) is 10. The number of rotatable bonds is 10. The molecule has 2 N–H and O–H groups in total. The molecule has 288 valence electrons. The number of anilines is 1. The summed E-state index contributed by atoms with van der Waals surface area (Å²) in [7, 11) is 1.54. The van der Waals surface area contributed by atoms with Crippen molar-refractivity contribution < 1.29 is 33.7 Å². The summed E-state index contributed by atoms with van der Waals surface area (Å²) in [5, 5.41) is 29.8. The van der Waals surface area contributed by atoms with Crippen LogP contribution in [-0.4, -0.2) is 69.8 Å². The van der Waals surface area contributed by atoms with Crippen molar-refractivity contribution in [3.8, 4) is 29.3 Å². The smallest absolute Gasteiger partial charge is 0.320 e. The SMILES string of the molecule is COc1nc(OC2CC(c3cc(-c4nc5c(C)c(N6CCC(C(=O)O)C6)cc(C#N)c5o4)ccc3C)c3ccccc32)c(Cl)cc1CN1CCCCC1C(=O)O. The molecule has 0 radical (unpaired) electrons. The second kappa shape index (κ2) is 15.1. The van der Waals surface area contributed by atoms with Crippen LogP contribution in [0.4, 0.5) is 5.69 Å². The molecule has 0 amide bonds. The summed E-state index contributed by atoms with van der Waals surface area (Å²) in [5.41, 5.74) is 8.76. The predicted molar refractivity (Wildman–Crippen MR) is 209 cm³/mol. The molecule has 8 rings (SSSR count). The van der Waals surface area contributed by atoms with E-state index in [2.05, 4.69) is 37.3 Å². The first-order valence-electron chi connectivity index (χ1n) is 18.9. The van der Waals surface area contributed by atoms with Crippen molar-refractivity contribution in [1.82, 2.24) is 14.9 Å². The lowest BCUT2D eigenvalue weighted by molar-refractivity contribution is -0.145.